The lowest BCUT2D eigenvalue weighted by Gasteiger charge is -2.26. The van der Waals surface area contributed by atoms with Gasteiger partial charge in [-0.25, -0.2) is 17.6 Å². The zero-order chi connectivity index (χ0) is 22.4. The summed E-state index contributed by atoms with van der Waals surface area (Å²) in [6.07, 6.45) is 3.21. The molecule has 3 rings (SSSR count). The van der Waals surface area contributed by atoms with Crippen LogP contribution in [0.5, 0.6) is 0 Å². The molecule has 2 aromatic rings. The van der Waals surface area contributed by atoms with Gasteiger partial charge in [-0.3, -0.25) is 4.79 Å². The number of halogens is 1. The van der Waals surface area contributed by atoms with Crippen molar-refractivity contribution in [1.29, 1.82) is 0 Å². The van der Waals surface area contributed by atoms with Gasteiger partial charge in [0.15, 0.2) is 6.61 Å². The Morgan fingerprint density at radius 2 is 1.74 bits per heavy atom. The lowest BCUT2D eigenvalue weighted by Crippen LogP contribution is -2.36. The average Bonchev–Trinajstić information content (AvgIpc) is 2.78. The zero-order valence-electron chi connectivity index (χ0n) is 17.3. The normalized spacial score (nSPS) is 14.8. The van der Waals surface area contributed by atoms with Crippen LogP contribution in [0.2, 0.25) is 0 Å². The number of carbonyl (C=O) groups is 2. The quantitative estimate of drug-likeness (QED) is 0.656. The molecule has 0 saturated carbocycles. The number of carbonyl (C=O) groups excluding carboxylic acids is 2. The van der Waals surface area contributed by atoms with E-state index in [0.29, 0.717) is 31.6 Å². The molecule has 0 aromatic heterocycles. The maximum atomic E-state index is 14.3. The van der Waals surface area contributed by atoms with Gasteiger partial charge in [-0.05, 0) is 55.2 Å². The van der Waals surface area contributed by atoms with Crippen molar-refractivity contribution >= 4 is 27.6 Å². The minimum atomic E-state index is -4.06. The number of sulfonamides is 1. The highest BCUT2D eigenvalue weighted by Crippen LogP contribution is 2.24. The molecule has 0 atom stereocenters. The topological polar surface area (TPSA) is 92.8 Å². The van der Waals surface area contributed by atoms with Gasteiger partial charge in [-0.2, -0.15) is 4.31 Å². The van der Waals surface area contributed by atoms with Crippen LogP contribution in [0.4, 0.5) is 10.1 Å². The summed E-state index contributed by atoms with van der Waals surface area (Å²) in [4.78, 5) is 23.8. The van der Waals surface area contributed by atoms with Crippen LogP contribution in [0, 0.1) is 5.82 Å². The highest BCUT2D eigenvalue weighted by Gasteiger charge is 2.29. The molecule has 0 radical (unpaired) electrons. The predicted molar refractivity (Wildman–Crippen MR) is 114 cm³/mol. The van der Waals surface area contributed by atoms with E-state index in [1.807, 2.05) is 19.1 Å². The van der Waals surface area contributed by atoms with Gasteiger partial charge in [0.2, 0.25) is 10.0 Å². The molecular formula is C22H25FN2O5S. The number of benzene rings is 2. The van der Waals surface area contributed by atoms with E-state index in [2.05, 4.69) is 5.32 Å². The standard InChI is InChI=1S/C22H25FN2O5S/c1-2-16-6-9-18(10-7-16)24-21(26)15-30-22(27)17-8-11-19(23)20(14-17)31(28,29)25-12-4-3-5-13-25/h6-11,14H,2-5,12-13,15H2,1H3,(H,24,26). The monoisotopic (exact) mass is 448 g/mol. The molecule has 1 aliphatic rings. The first kappa shape index (κ1) is 22.9. The third-order valence-electron chi connectivity index (χ3n) is 5.08. The van der Waals surface area contributed by atoms with E-state index in [1.54, 1.807) is 12.1 Å². The first-order valence-electron chi connectivity index (χ1n) is 10.2. The van der Waals surface area contributed by atoms with Crippen molar-refractivity contribution < 1.29 is 27.1 Å². The highest BCUT2D eigenvalue weighted by molar-refractivity contribution is 7.89. The average molecular weight is 449 g/mol. The molecule has 1 amide bonds. The fourth-order valence-corrected chi connectivity index (χ4v) is 4.92. The van der Waals surface area contributed by atoms with Crippen molar-refractivity contribution in [3.8, 4) is 0 Å². The van der Waals surface area contributed by atoms with Gasteiger partial charge in [0, 0.05) is 18.8 Å². The summed E-state index contributed by atoms with van der Waals surface area (Å²) >= 11 is 0. The van der Waals surface area contributed by atoms with Crippen molar-refractivity contribution in [2.24, 2.45) is 0 Å². The minimum absolute atomic E-state index is 0.142. The van der Waals surface area contributed by atoms with E-state index in [9.17, 15) is 22.4 Å². The molecule has 1 fully saturated rings. The van der Waals surface area contributed by atoms with E-state index in [4.69, 9.17) is 4.74 Å². The molecule has 9 heteroatoms. The molecule has 7 nitrogen and oxygen atoms in total. The Hall–Kier alpha value is -2.78. The Morgan fingerprint density at radius 3 is 2.39 bits per heavy atom. The maximum absolute atomic E-state index is 14.3. The second kappa shape index (κ2) is 10.0. The first-order valence-corrected chi connectivity index (χ1v) is 11.6. The van der Waals surface area contributed by atoms with Gasteiger partial charge in [0.25, 0.3) is 5.91 Å². The van der Waals surface area contributed by atoms with Crippen LogP contribution in [0.15, 0.2) is 47.4 Å². The van der Waals surface area contributed by atoms with Gasteiger partial charge < -0.3 is 10.1 Å². The number of nitrogens with one attached hydrogen (secondary N) is 1. The van der Waals surface area contributed by atoms with Gasteiger partial charge in [0.1, 0.15) is 10.7 Å². The lowest BCUT2D eigenvalue weighted by atomic mass is 10.1. The van der Waals surface area contributed by atoms with E-state index < -0.39 is 39.2 Å². The summed E-state index contributed by atoms with van der Waals surface area (Å²) in [6, 6.07) is 10.3. The lowest BCUT2D eigenvalue weighted by molar-refractivity contribution is -0.119. The molecule has 166 valence electrons. The largest absolute Gasteiger partial charge is 0.452 e. The van der Waals surface area contributed by atoms with Crippen molar-refractivity contribution in [3.63, 3.8) is 0 Å². The van der Waals surface area contributed by atoms with Crippen LogP contribution in [0.1, 0.15) is 42.1 Å². The number of piperidine rings is 1. The number of hydrogen-bond acceptors (Lipinski definition) is 5. The highest BCUT2D eigenvalue weighted by atomic mass is 32.2. The number of amides is 1. The van der Waals surface area contributed by atoms with Gasteiger partial charge >= 0.3 is 5.97 Å². The number of nitrogens with zero attached hydrogens (tertiary/aromatic N) is 1. The zero-order valence-corrected chi connectivity index (χ0v) is 18.1. The van der Waals surface area contributed by atoms with Crippen molar-refractivity contribution in [1.82, 2.24) is 4.31 Å². The van der Waals surface area contributed by atoms with E-state index in [1.165, 1.54) is 4.31 Å². The van der Waals surface area contributed by atoms with Gasteiger partial charge in [-0.1, -0.05) is 25.5 Å². The molecule has 31 heavy (non-hydrogen) atoms. The molecule has 1 aliphatic heterocycles. The van der Waals surface area contributed by atoms with E-state index in [0.717, 1.165) is 36.6 Å². The minimum Gasteiger partial charge on any atom is -0.452 e. The van der Waals surface area contributed by atoms with E-state index in [-0.39, 0.29) is 5.56 Å². The molecule has 0 aliphatic carbocycles. The molecule has 1 N–H and O–H groups in total. The Kier molecular flexibility index (Phi) is 7.40. The van der Waals surface area contributed by atoms with Crippen LogP contribution in [0.3, 0.4) is 0 Å². The summed E-state index contributed by atoms with van der Waals surface area (Å²) in [7, 11) is -4.06. The second-order valence-electron chi connectivity index (χ2n) is 7.28. The molecule has 1 heterocycles. The summed E-state index contributed by atoms with van der Waals surface area (Å²) in [5.41, 5.74) is 1.54. The Labute approximate surface area is 181 Å². The van der Waals surface area contributed by atoms with Crippen LogP contribution < -0.4 is 5.32 Å². The molecule has 2 aromatic carbocycles. The van der Waals surface area contributed by atoms with Gasteiger partial charge in [-0.15, -0.1) is 0 Å². The van der Waals surface area contributed by atoms with Crippen molar-refractivity contribution in [3.05, 3.63) is 59.4 Å². The summed E-state index contributed by atoms with van der Waals surface area (Å²) in [6.45, 7) is 2.09. The molecule has 1 saturated heterocycles. The van der Waals surface area contributed by atoms with Crippen LogP contribution in [0.25, 0.3) is 0 Å². The third-order valence-corrected chi connectivity index (χ3v) is 6.99. The fraction of sp³-hybridized carbons (Fsp3) is 0.364. The SMILES string of the molecule is CCc1ccc(NC(=O)COC(=O)c2ccc(F)c(S(=O)(=O)N3CCCCC3)c2)cc1. The molecule has 0 bridgehead atoms. The van der Waals surface area contributed by atoms with Crippen LogP contribution in [-0.2, 0) is 26.0 Å². The van der Waals surface area contributed by atoms with E-state index >= 15 is 0 Å². The maximum Gasteiger partial charge on any atom is 0.338 e. The number of ether oxygens (including phenoxy) is 1. The smallest absolute Gasteiger partial charge is 0.338 e. The molecule has 0 spiro atoms. The summed E-state index contributed by atoms with van der Waals surface area (Å²) in [5, 5.41) is 2.61. The number of hydrogen-bond donors (Lipinski definition) is 1. The van der Waals surface area contributed by atoms with Crippen LogP contribution >= 0.6 is 0 Å². The number of esters is 1. The summed E-state index contributed by atoms with van der Waals surface area (Å²) in [5.74, 6) is -2.39. The van der Waals surface area contributed by atoms with Crippen molar-refractivity contribution in [2.75, 3.05) is 25.0 Å². The van der Waals surface area contributed by atoms with Crippen molar-refractivity contribution in [2.45, 2.75) is 37.5 Å². The first-order chi connectivity index (χ1) is 14.8. The Balaban J connectivity index is 1.65. The molecular weight excluding hydrogens is 423 g/mol. The number of anilines is 1. The Morgan fingerprint density at radius 1 is 1.06 bits per heavy atom. The van der Waals surface area contributed by atoms with Gasteiger partial charge in [0.05, 0.1) is 5.56 Å². The molecule has 0 unspecified atom stereocenters. The number of aryl methyl sites for hydroxylation is 1. The van der Waals surface area contributed by atoms with Crippen LogP contribution in [-0.4, -0.2) is 44.3 Å². The third kappa shape index (κ3) is 5.68. The fourth-order valence-electron chi connectivity index (χ4n) is 3.31. The second-order valence-corrected chi connectivity index (χ2v) is 9.19. The Bertz CT molecular complexity index is 1050. The summed E-state index contributed by atoms with van der Waals surface area (Å²) < 4.78 is 46.0. The predicted octanol–water partition coefficient (Wildman–Crippen LogP) is 3.36. The number of rotatable bonds is 7.